The third kappa shape index (κ3) is 1.56. The molecule has 0 spiro atoms. The quantitative estimate of drug-likeness (QED) is 0.689. The topological polar surface area (TPSA) is 4.93 Å². The zero-order valence-corrected chi connectivity index (χ0v) is 12.1. The van der Waals surface area contributed by atoms with Crippen molar-refractivity contribution in [1.82, 2.24) is 4.57 Å². The molecule has 0 N–H and O–H groups in total. The number of hydrogen-bond donors (Lipinski definition) is 0. The van der Waals surface area contributed by atoms with Crippen molar-refractivity contribution < 1.29 is 0 Å². The van der Waals surface area contributed by atoms with Crippen LogP contribution in [0.4, 0.5) is 0 Å². The molecule has 2 aliphatic rings. The molecule has 1 nitrogen and oxygen atoms in total. The molecule has 0 saturated carbocycles. The van der Waals surface area contributed by atoms with E-state index in [4.69, 9.17) is 0 Å². The molecule has 0 radical (unpaired) electrons. The summed E-state index contributed by atoms with van der Waals surface area (Å²) in [6.45, 7) is 4.47. The summed E-state index contributed by atoms with van der Waals surface area (Å²) < 4.78 is 2.44. The molecule has 20 heavy (non-hydrogen) atoms. The van der Waals surface area contributed by atoms with Crippen molar-refractivity contribution in [3.8, 4) is 5.69 Å². The Bertz CT molecular complexity index is 743. The Balaban J connectivity index is 2.03. The smallest absolute Gasteiger partial charge is 0.0500 e. The van der Waals surface area contributed by atoms with Crippen LogP contribution in [-0.2, 0) is 6.42 Å². The normalized spacial score (nSPS) is 19.2. The highest BCUT2D eigenvalue weighted by Gasteiger charge is 2.27. The molecule has 2 aromatic rings. The van der Waals surface area contributed by atoms with Gasteiger partial charge in [-0.2, -0.15) is 0 Å². The lowest BCUT2D eigenvalue weighted by molar-refractivity contribution is 0.914. The van der Waals surface area contributed by atoms with E-state index in [-0.39, 0.29) is 0 Å². The molecule has 1 aromatic carbocycles. The Labute approximate surface area is 120 Å². The zero-order valence-electron chi connectivity index (χ0n) is 12.1. The SMILES string of the molecule is Cc1cccc(-n2c3c(c4c2C=CC4C)CCC=C3)c1. The predicted octanol–water partition coefficient (Wildman–Crippen LogP) is 4.88. The molecule has 0 aliphatic heterocycles. The largest absolute Gasteiger partial charge is 0.310 e. The maximum atomic E-state index is 2.44. The van der Waals surface area contributed by atoms with Gasteiger partial charge in [0.25, 0.3) is 0 Å². The van der Waals surface area contributed by atoms with E-state index < -0.39 is 0 Å². The first-order chi connectivity index (χ1) is 9.75. The van der Waals surface area contributed by atoms with E-state index in [0.29, 0.717) is 5.92 Å². The zero-order chi connectivity index (χ0) is 13.7. The molecule has 1 atom stereocenters. The summed E-state index contributed by atoms with van der Waals surface area (Å²) in [6, 6.07) is 8.80. The first-order valence-corrected chi connectivity index (χ1v) is 7.45. The number of benzene rings is 1. The van der Waals surface area contributed by atoms with Crippen LogP contribution in [0.1, 0.15) is 47.3 Å². The highest BCUT2D eigenvalue weighted by Crippen LogP contribution is 2.41. The van der Waals surface area contributed by atoms with Gasteiger partial charge in [0.2, 0.25) is 0 Å². The van der Waals surface area contributed by atoms with Gasteiger partial charge in [-0.3, -0.25) is 0 Å². The second kappa shape index (κ2) is 4.24. The number of hydrogen-bond acceptors (Lipinski definition) is 0. The van der Waals surface area contributed by atoms with Crippen molar-refractivity contribution in [3.63, 3.8) is 0 Å². The van der Waals surface area contributed by atoms with Crippen LogP contribution in [0.5, 0.6) is 0 Å². The number of allylic oxidation sites excluding steroid dienone is 2. The summed E-state index contributed by atoms with van der Waals surface area (Å²) in [7, 11) is 0. The van der Waals surface area contributed by atoms with Gasteiger partial charge in [-0.1, -0.05) is 31.2 Å². The maximum Gasteiger partial charge on any atom is 0.0500 e. The minimum atomic E-state index is 0.552. The van der Waals surface area contributed by atoms with Crippen molar-refractivity contribution in [2.24, 2.45) is 0 Å². The summed E-state index contributed by atoms with van der Waals surface area (Å²) in [6.07, 6.45) is 11.6. The van der Waals surface area contributed by atoms with Crippen molar-refractivity contribution in [1.29, 1.82) is 0 Å². The summed E-state index contributed by atoms with van der Waals surface area (Å²) in [5.41, 5.74) is 8.48. The molecule has 1 heteroatoms. The van der Waals surface area contributed by atoms with Crippen molar-refractivity contribution >= 4 is 12.2 Å². The van der Waals surface area contributed by atoms with E-state index in [1.807, 2.05) is 0 Å². The van der Waals surface area contributed by atoms with Crippen molar-refractivity contribution in [3.05, 3.63) is 64.5 Å². The van der Waals surface area contributed by atoms with Crippen LogP contribution in [0.15, 0.2) is 36.4 Å². The van der Waals surface area contributed by atoms with E-state index in [2.05, 4.69) is 67.0 Å². The Morgan fingerprint density at radius 3 is 2.90 bits per heavy atom. The lowest BCUT2D eigenvalue weighted by Crippen LogP contribution is -2.02. The van der Waals surface area contributed by atoms with Gasteiger partial charge in [0.1, 0.15) is 0 Å². The van der Waals surface area contributed by atoms with Crippen LogP contribution in [0.2, 0.25) is 0 Å². The average molecular weight is 261 g/mol. The minimum Gasteiger partial charge on any atom is -0.310 e. The van der Waals surface area contributed by atoms with E-state index in [0.717, 1.165) is 0 Å². The molecule has 1 heterocycles. The van der Waals surface area contributed by atoms with E-state index in [1.165, 1.54) is 35.5 Å². The monoisotopic (exact) mass is 261 g/mol. The van der Waals surface area contributed by atoms with Gasteiger partial charge in [0, 0.05) is 23.0 Å². The Morgan fingerprint density at radius 1 is 1.15 bits per heavy atom. The number of nitrogens with zero attached hydrogens (tertiary/aromatic N) is 1. The summed E-state index contributed by atoms with van der Waals surface area (Å²) >= 11 is 0. The minimum absolute atomic E-state index is 0.552. The predicted molar refractivity (Wildman–Crippen MR) is 85.3 cm³/mol. The molecule has 0 bridgehead atoms. The standard InChI is InChI=1S/C19H19N/c1-13-6-5-7-15(12-13)20-17-9-4-3-8-16(17)19-14(2)10-11-18(19)20/h4-7,9-12,14H,3,8H2,1-2H3. The Morgan fingerprint density at radius 2 is 2.05 bits per heavy atom. The van der Waals surface area contributed by atoms with Crippen LogP contribution >= 0.6 is 0 Å². The number of rotatable bonds is 1. The molecule has 4 rings (SSSR count). The van der Waals surface area contributed by atoms with Gasteiger partial charge in [0.05, 0.1) is 0 Å². The van der Waals surface area contributed by atoms with Crippen LogP contribution in [0.3, 0.4) is 0 Å². The maximum absolute atomic E-state index is 2.44. The van der Waals surface area contributed by atoms with E-state index in [1.54, 1.807) is 11.1 Å². The first-order valence-electron chi connectivity index (χ1n) is 7.45. The fourth-order valence-corrected chi connectivity index (χ4v) is 3.59. The highest BCUT2D eigenvalue weighted by atomic mass is 15.0. The van der Waals surface area contributed by atoms with E-state index >= 15 is 0 Å². The number of aryl methyl sites for hydroxylation is 1. The lowest BCUT2D eigenvalue weighted by atomic mass is 9.94. The first kappa shape index (κ1) is 11.8. The van der Waals surface area contributed by atoms with Crippen molar-refractivity contribution in [2.45, 2.75) is 32.6 Å². The molecule has 1 aromatic heterocycles. The summed E-state index contributed by atoms with van der Waals surface area (Å²) in [4.78, 5) is 0. The Hall–Kier alpha value is -2.02. The Kier molecular flexibility index (Phi) is 2.50. The van der Waals surface area contributed by atoms with Gasteiger partial charge in [-0.25, -0.2) is 0 Å². The number of fused-ring (bicyclic) bond motifs is 3. The van der Waals surface area contributed by atoms with Gasteiger partial charge < -0.3 is 4.57 Å². The molecule has 0 fully saturated rings. The molecule has 0 saturated heterocycles. The molecular weight excluding hydrogens is 242 g/mol. The van der Waals surface area contributed by atoms with Crippen molar-refractivity contribution in [2.75, 3.05) is 0 Å². The second-order valence-electron chi connectivity index (χ2n) is 5.93. The molecule has 100 valence electrons. The van der Waals surface area contributed by atoms with Gasteiger partial charge in [0.15, 0.2) is 0 Å². The lowest BCUT2D eigenvalue weighted by Gasteiger charge is -2.13. The number of aromatic nitrogens is 1. The fraction of sp³-hybridized carbons (Fsp3) is 0.263. The van der Waals surface area contributed by atoms with Crippen LogP contribution in [0.25, 0.3) is 17.8 Å². The second-order valence-corrected chi connectivity index (χ2v) is 5.93. The average Bonchev–Trinajstić information content (AvgIpc) is 2.97. The fourth-order valence-electron chi connectivity index (χ4n) is 3.59. The molecule has 2 aliphatic carbocycles. The van der Waals surface area contributed by atoms with Gasteiger partial charge in [-0.05, 0) is 60.7 Å². The van der Waals surface area contributed by atoms with Crippen LogP contribution in [-0.4, -0.2) is 4.57 Å². The summed E-state index contributed by atoms with van der Waals surface area (Å²) in [5.74, 6) is 0.552. The van der Waals surface area contributed by atoms with Crippen LogP contribution in [0, 0.1) is 6.92 Å². The summed E-state index contributed by atoms with van der Waals surface area (Å²) in [5, 5.41) is 0. The van der Waals surface area contributed by atoms with E-state index in [9.17, 15) is 0 Å². The molecule has 0 amide bonds. The highest BCUT2D eigenvalue weighted by molar-refractivity contribution is 5.72. The van der Waals surface area contributed by atoms with Gasteiger partial charge >= 0.3 is 0 Å². The molecular formula is C19H19N. The third-order valence-electron chi connectivity index (χ3n) is 4.49. The van der Waals surface area contributed by atoms with Crippen LogP contribution < -0.4 is 0 Å². The third-order valence-corrected chi connectivity index (χ3v) is 4.49. The van der Waals surface area contributed by atoms with Gasteiger partial charge in [-0.15, -0.1) is 0 Å². The molecule has 1 unspecified atom stereocenters.